The van der Waals surface area contributed by atoms with Crippen molar-refractivity contribution in [3.05, 3.63) is 59.7 Å². The van der Waals surface area contributed by atoms with Gasteiger partial charge in [-0.25, -0.2) is 8.78 Å². The smallest absolute Gasteiger partial charge is 0.225 e. The zero-order valence-electron chi connectivity index (χ0n) is 19.0. The first-order valence-corrected chi connectivity index (χ1v) is 11.8. The standard InChI is InChI=1S/C26H28F2N4O2/c27-19-16-21-20(22(28)17-19)4-3-5-23(21)32-13-11-31(12-14-32)10-1-2-15-34-25-9-7-18-6-8-24(33)29-26(18)30-25/h3-5,7,9,16-17H,1-2,6,8,10-15H2,(H,29,30,33). The van der Waals surface area contributed by atoms with Crippen molar-refractivity contribution in [2.75, 3.05) is 49.5 Å². The fourth-order valence-electron chi connectivity index (χ4n) is 4.70. The molecule has 0 atom stereocenters. The number of hydrogen-bond donors (Lipinski definition) is 1. The van der Waals surface area contributed by atoms with Gasteiger partial charge in [0.15, 0.2) is 0 Å². The van der Waals surface area contributed by atoms with Gasteiger partial charge < -0.3 is 15.0 Å². The zero-order chi connectivity index (χ0) is 23.5. The molecule has 0 spiro atoms. The van der Waals surface area contributed by atoms with Crippen LogP contribution in [-0.4, -0.2) is 55.1 Å². The molecule has 6 nitrogen and oxygen atoms in total. The molecule has 1 N–H and O–H groups in total. The predicted octanol–water partition coefficient (Wildman–Crippen LogP) is 4.38. The van der Waals surface area contributed by atoms with Crippen LogP contribution in [0.5, 0.6) is 5.88 Å². The fourth-order valence-corrected chi connectivity index (χ4v) is 4.70. The summed E-state index contributed by atoms with van der Waals surface area (Å²) in [5.74, 6) is 0.0829. The number of fused-ring (bicyclic) bond motifs is 2. The summed E-state index contributed by atoms with van der Waals surface area (Å²) in [5.41, 5.74) is 1.93. The number of halogens is 2. The second-order valence-corrected chi connectivity index (χ2v) is 8.85. The van der Waals surface area contributed by atoms with Gasteiger partial charge in [0.2, 0.25) is 11.8 Å². The van der Waals surface area contributed by atoms with E-state index in [0.717, 1.165) is 69.3 Å². The number of carbonyl (C=O) groups is 1. The lowest BCUT2D eigenvalue weighted by Gasteiger charge is -2.36. The first kappa shape index (κ1) is 22.5. The number of unbranched alkanes of at least 4 members (excludes halogenated alkanes) is 1. The van der Waals surface area contributed by atoms with Crippen molar-refractivity contribution in [1.29, 1.82) is 0 Å². The molecule has 0 bridgehead atoms. The summed E-state index contributed by atoms with van der Waals surface area (Å²) in [7, 11) is 0. The Hall–Kier alpha value is -3.26. The molecule has 0 unspecified atom stereocenters. The third-order valence-corrected chi connectivity index (χ3v) is 6.55. The maximum absolute atomic E-state index is 14.2. The predicted molar refractivity (Wildman–Crippen MR) is 128 cm³/mol. The van der Waals surface area contributed by atoms with Gasteiger partial charge in [-0.1, -0.05) is 12.1 Å². The third-order valence-electron chi connectivity index (χ3n) is 6.55. The fraction of sp³-hybridized carbons (Fsp3) is 0.385. The minimum atomic E-state index is -0.548. The SMILES string of the molecule is O=C1CCc2ccc(OCCCCN3CCN(c4cccc5c(F)cc(F)cc45)CC3)nc2N1. The molecule has 8 heteroatoms. The molecule has 5 rings (SSSR count). The Bertz CT molecular complexity index is 1190. The highest BCUT2D eigenvalue weighted by Gasteiger charge is 2.20. The molecule has 178 valence electrons. The van der Waals surface area contributed by atoms with Gasteiger partial charge in [0.25, 0.3) is 0 Å². The van der Waals surface area contributed by atoms with Crippen LogP contribution in [0.3, 0.4) is 0 Å². The molecule has 34 heavy (non-hydrogen) atoms. The van der Waals surface area contributed by atoms with Crippen LogP contribution in [0, 0.1) is 11.6 Å². The normalized spacial score (nSPS) is 16.4. The van der Waals surface area contributed by atoms with E-state index >= 15 is 0 Å². The summed E-state index contributed by atoms with van der Waals surface area (Å²) in [6.45, 7) is 5.00. The zero-order valence-corrected chi connectivity index (χ0v) is 19.0. The summed E-state index contributed by atoms with van der Waals surface area (Å²) < 4.78 is 33.8. The number of anilines is 2. The number of nitrogens with one attached hydrogen (secondary N) is 1. The van der Waals surface area contributed by atoms with Crippen LogP contribution in [0.2, 0.25) is 0 Å². The lowest BCUT2D eigenvalue weighted by atomic mass is 10.1. The van der Waals surface area contributed by atoms with Gasteiger partial charge >= 0.3 is 0 Å². The van der Waals surface area contributed by atoms with Crippen LogP contribution in [0.15, 0.2) is 42.5 Å². The van der Waals surface area contributed by atoms with Crippen molar-refractivity contribution in [2.24, 2.45) is 0 Å². The Morgan fingerprint density at radius 3 is 2.68 bits per heavy atom. The average molecular weight is 467 g/mol. The molecule has 1 aromatic heterocycles. The van der Waals surface area contributed by atoms with Crippen LogP contribution in [0.25, 0.3) is 10.8 Å². The van der Waals surface area contributed by atoms with Crippen molar-refractivity contribution in [2.45, 2.75) is 25.7 Å². The molecule has 2 aliphatic rings. The van der Waals surface area contributed by atoms with E-state index in [9.17, 15) is 13.6 Å². The van der Waals surface area contributed by atoms with Crippen molar-refractivity contribution in [3.8, 4) is 5.88 Å². The number of piperazine rings is 1. The highest BCUT2D eigenvalue weighted by molar-refractivity contribution is 5.95. The molecular formula is C26H28F2N4O2. The van der Waals surface area contributed by atoms with E-state index in [1.165, 1.54) is 6.07 Å². The van der Waals surface area contributed by atoms with Gasteiger partial charge in [-0.3, -0.25) is 9.69 Å². The second kappa shape index (κ2) is 9.93. The van der Waals surface area contributed by atoms with Crippen LogP contribution < -0.4 is 15.0 Å². The minimum absolute atomic E-state index is 0.00275. The van der Waals surface area contributed by atoms with E-state index in [1.807, 2.05) is 24.3 Å². The van der Waals surface area contributed by atoms with E-state index in [4.69, 9.17) is 4.74 Å². The van der Waals surface area contributed by atoms with Crippen LogP contribution in [0.4, 0.5) is 20.3 Å². The van der Waals surface area contributed by atoms with Crippen LogP contribution in [-0.2, 0) is 11.2 Å². The number of amides is 1. The molecule has 1 saturated heterocycles. The summed E-state index contributed by atoms with van der Waals surface area (Å²) >= 11 is 0. The summed E-state index contributed by atoms with van der Waals surface area (Å²) in [4.78, 5) is 20.6. The number of aromatic nitrogens is 1. The number of rotatable bonds is 7. The monoisotopic (exact) mass is 466 g/mol. The van der Waals surface area contributed by atoms with Gasteiger partial charge in [-0.15, -0.1) is 0 Å². The molecule has 3 aromatic rings. The van der Waals surface area contributed by atoms with Crippen molar-refractivity contribution < 1.29 is 18.3 Å². The Labute approximate surface area is 197 Å². The molecule has 3 heterocycles. The number of ether oxygens (including phenoxy) is 1. The van der Waals surface area contributed by atoms with Crippen molar-refractivity contribution in [3.63, 3.8) is 0 Å². The molecule has 1 amide bonds. The average Bonchev–Trinajstić information content (AvgIpc) is 2.83. The summed E-state index contributed by atoms with van der Waals surface area (Å²) in [6, 6.07) is 11.7. The maximum atomic E-state index is 14.2. The molecule has 0 radical (unpaired) electrons. The minimum Gasteiger partial charge on any atom is -0.478 e. The first-order valence-electron chi connectivity index (χ1n) is 11.8. The van der Waals surface area contributed by atoms with E-state index < -0.39 is 11.6 Å². The lowest BCUT2D eigenvalue weighted by molar-refractivity contribution is -0.116. The van der Waals surface area contributed by atoms with E-state index in [-0.39, 0.29) is 5.91 Å². The summed E-state index contributed by atoms with van der Waals surface area (Å²) in [5, 5.41) is 3.88. The van der Waals surface area contributed by atoms with Gasteiger partial charge in [-0.2, -0.15) is 4.98 Å². The van der Waals surface area contributed by atoms with Crippen molar-refractivity contribution in [1.82, 2.24) is 9.88 Å². The third kappa shape index (κ3) is 4.97. The molecule has 2 aromatic carbocycles. The maximum Gasteiger partial charge on any atom is 0.225 e. The van der Waals surface area contributed by atoms with Gasteiger partial charge in [0, 0.05) is 61.2 Å². The number of nitrogens with zero attached hydrogens (tertiary/aromatic N) is 3. The molecule has 0 saturated carbocycles. The highest BCUT2D eigenvalue weighted by atomic mass is 19.1. The summed E-state index contributed by atoms with van der Waals surface area (Å²) in [6.07, 6.45) is 3.14. The molecule has 0 aliphatic carbocycles. The Morgan fingerprint density at radius 1 is 0.971 bits per heavy atom. The van der Waals surface area contributed by atoms with E-state index in [2.05, 4.69) is 20.1 Å². The first-order chi connectivity index (χ1) is 16.6. The second-order valence-electron chi connectivity index (χ2n) is 8.85. The molecule has 1 fully saturated rings. The number of hydrogen-bond acceptors (Lipinski definition) is 5. The Balaban J connectivity index is 1.07. The quantitative estimate of drug-likeness (QED) is 0.524. The number of pyridine rings is 1. The largest absolute Gasteiger partial charge is 0.478 e. The van der Waals surface area contributed by atoms with Crippen LogP contribution >= 0.6 is 0 Å². The Morgan fingerprint density at radius 2 is 1.82 bits per heavy atom. The highest BCUT2D eigenvalue weighted by Crippen LogP contribution is 2.30. The molecule has 2 aliphatic heterocycles. The van der Waals surface area contributed by atoms with Crippen LogP contribution in [0.1, 0.15) is 24.8 Å². The Kier molecular flexibility index (Phi) is 6.58. The van der Waals surface area contributed by atoms with Gasteiger partial charge in [0.1, 0.15) is 17.5 Å². The molecular weight excluding hydrogens is 438 g/mol. The van der Waals surface area contributed by atoms with E-state index in [1.54, 1.807) is 6.07 Å². The van der Waals surface area contributed by atoms with Gasteiger partial charge in [-0.05, 0) is 49.6 Å². The topological polar surface area (TPSA) is 57.7 Å². The van der Waals surface area contributed by atoms with Crippen molar-refractivity contribution >= 4 is 28.2 Å². The number of benzene rings is 2. The van der Waals surface area contributed by atoms with Gasteiger partial charge in [0.05, 0.1) is 6.61 Å². The van der Waals surface area contributed by atoms with E-state index in [0.29, 0.717) is 35.5 Å². The number of carbonyl (C=O) groups excluding carboxylic acids is 1. The number of aryl methyl sites for hydroxylation is 1. The lowest BCUT2D eigenvalue weighted by Crippen LogP contribution is -2.46.